The highest BCUT2D eigenvalue weighted by molar-refractivity contribution is 6.02. The highest BCUT2D eigenvalue weighted by Gasteiger charge is 2.33. The van der Waals surface area contributed by atoms with Crippen LogP contribution in [0.5, 0.6) is 17.2 Å². The quantitative estimate of drug-likeness (QED) is 0.652. The Labute approximate surface area is 160 Å². The number of ether oxygens (including phenoxy) is 2. The Kier molecular flexibility index (Phi) is 5.45. The number of carboxylic acids is 1. The second kappa shape index (κ2) is 7.69. The van der Waals surface area contributed by atoms with Crippen molar-refractivity contribution >= 4 is 11.8 Å². The van der Waals surface area contributed by atoms with Crippen LogP contribution in [0.15, 0.2) is 36.4 Å². The van der Waals surface area contributed by atoms with Gasteiger partial charge in [0.15, 0.2) is 17.3 Å². The molecule has 0 fully saturated rings. The number of benzene rings is 2. The number of Topliss-reactive ketones (excluding diaryl/α,β-unsaturated/α-hetero) is 1. The summed E-state index contributed by atoms with van der Waals surface area (Å²) in [6, 6.07) is 6.02. The van der Waals surface area contributed by atoms with E-state index in [1.807, 2.05) is 0 Å². The minimum Gasteiger partial charge on any atom is -0.481 e. The number of alkyl halides is 5. The van der Waals surface area contributed by atoms with E-state index in [1.54, 1.807) is 0 Å². The van der Waals surface area contributed by atoms with Crippen molar-refractivity contribution in [3.05, 3.63) is 53.1 Å². The molecule has 0 amide bonds. The average Bonchev–Trinajstić information content (AvgIpc) is 2.90. The summed E-state index contributed by atoms with van der Waals surface area (Å²) in [4.78, 5) is 23.0. The molecule has 1 atom stereocenters. The van der Waals surface area contributed by atoms with Crippen LogP contribution >= 0.6 is 0 Å². The molecule has 1 unspecified atom stereocenters. The zero-order chi connectivity index (χ0) is 21.3. The van der Waals surface area contributed by atoms with Gasteiger partial charge in [0.05, 0.1) is 12.0 Å². The minimum absolute atomic E-state index is 0.00507. The molecule has 0 saturated heterocycles. The maximum Gasteiger partial charge on any atom is 0.416 e. The van der Waals surface area contributed by atoms with Gasteiger partial charge in [0.1, 0.15) is 5.75 Å². The Bertz CT molecular complexity index is 954. The van der Waals surface area contributed by atoms with Crippen LogP contribution in [0.25, 0.3) is 0 Å². The Morgan fingerprint density at radius 3 is 2.48 bits per heavy atom. The van der Waals surface area contributed by atoms with E-state index >= 15 is 0 Å². The molecule has 0 aliphatic heterocycles. The lowest BCUT2D eigenvalue weighted by atomic mass is 9.98. The molecule has 0 aromatic heterocycles. The normalized spacial score (nSPS) is 16.1. The van der Waals surface area contributed by atoms with Gasteiger partial charge >= 0.3 is 18.8 Å². The number of hydrogen-bond donors (Lipinski definition) is 1. The number of fused-ring (bicyclic) bond motifs is 1. The van der Waals surface area contributed by atoms with Gasteiger partial charge in [-0.05, 0) is 35.9 Å². The first kappa shape index (κ1) is 20.6. The van der Waals surface area contributed by atoms with Gasteiger partial charge in [0, 0.05) is 17.9 Å². The summed E-state index contributed by atoms with van der Waals surface area (Å²) < 4.78 is 73.2. The smallest absolute Gasteiger partial charge is 0.416 e. The number of rotatable bonds is 6. The van der Waals surface area contributed by atoms with Crippen molar-refractivity contribution in [2.45, 2.75) is 31.5 Å². The third-order valence-corrected chi connectivity index (χ3v) is 4.33. The number of ketones is 1. The molecule has 10 heteroatoms. The van der Waals surface area contributed by atoms with E-state index in [0.717, 1.165) is 6.07 Å². The SMILES string of the molecule is O=C(O)CC1CC(=O)c2cc(Oc3ccc(C(F)(F)F)cc3OC(F)F)ccc21. The molecular weight excluding hydrogens is 403 g/mol. The molecule has 0 bridgehead atoms. The first-order valence-electron chi connectivity index (χ1n) is 8.27. The molecule has 154 valence electrons. The third kappa shape index (κ3) is 4.64. The van der Waals surface area contributed by atoms with E-state index < -0.39 is 41.7 Å². The van der Waals surface area contributed by atoms with Crippen LogP contribution in [0.2, 0.25) is 0 Å². The van der Waals surface area contributed by atoms with Crippen LogP contribution in [0, 0.1) is 0 Å². The van der Waals surface area contributed by atoms with Crippen LogP contribution in [-0.4, -0.2) is 23.5 Å². The fourth-order valence-electron chi connectivity index (χ4n) is 3.12. The van der Waals surface area contributed by atoms with Crippen molar-refractivity contribution in [3.63, 3.8) is 0 Å². The monoisotopic (exact) mass is 416 g/mol. The molecular formula is C19H13F5O5. The van der Waals surface area contributed by atoms with E-state index in [0.29, 0.717) is 17.7 Å². The number of hydrogen-bond acceptors (Lipinski definition) is 4. The Hall–Kier alpha value is -3.17. The van der Waals surface area contributed by atoms with Gasteiger partial charge in [-0.2, -0.15) is 22.0 Å². The van der Waals surface area contributed by atoms with Crippen molar-refractivity contribution in [2.75, 3.05) is 0 Å². The van der Waals surface area contributed by atoms with Crippen molar-refractivity contribution in [3.8, 4) is 17.2 Å². The van der Waals surface area contributed by atoms with E-state index in [2.05, 4.69) is 4.74 Å². The first-order valence-corrected chi connectivity index (χ1v) is 8.27. The summed E-state index contributed by atoms with van der Waals surface area (Å²) in [5.41, 5.74) is -0.459. The number of carboxylic acid groups (broad SMARTS) is 1. The molecule has 1 aliphatic rings. The first-order chi connectivity index (χ1) is 13.5. The second-order valence-electron chi connectivity index (χ2n) is 6.31. The van der Waals surface area contributed by atoms with Crippen LogP contribution in [0.4, 0.5) is 22.0 Å². The molecule has 3 rings (SSSR count). The average molecular weight is 416 g/mol. The van der Waals surface area contributed by atoms with E-state index in [9.17, 15) is 31.5 Å². The van der Waals surface area contributed by atoms with Crippen molar-refractivity contribution in [2.24, 2.45) is 0 Å². The van der Waals surface area contributed by atoms with Gasteiger partial charge in [-0.25, -0.2) is 0 Å². The highest BCUT2D eigenvalue weighted by atomic mass is 19.4. The number of carbonyl (C=O) groups is 2. The molecule has 0 radical (unpaired) electrons. The summed E-state index contributed by atoms with van der Waals surface area (Å²) >= 11 is 0. The van der Waals surface area contributed by atoms with Crippen LogP contribution in [-0.2, 0) is 11.0 Å². The lowest BCUT2D eigenvalue weighted by Crippen LogP contribution is -2.08. The Morgan fingerprint density at radius 2 is 1.86 bits per heavy atom. The van der Waals surface area contributed by atoms with Gasteiger partial charge in [0.2, 0.25) is 0 Å². The number of carbonyl (C=O) groups excluding carboxylic acids is 1. The summed E-state index contributed by atoms with van der Waals surface area (Å²) in [5, 5.41) is 8.93. The largest absolute Gasteiger partial charge is 0.481 e. The highest BCUT2D eigenvalue weighted by Crippen LogP contribution is 2.41. The van der Waals surface area contributed by atoms with Crippen LogP contribution < -0.4 is 9.47 Å². The Balaban J connectivity index is 1.91. The predicted octanol–water partition coefficient (Wildman–Crippen LogP) is 5.24. The standard InChI is InChI=1S/C19H13F5O5/c20-18(21)29-16-7-10(19(22,23)24)1-4-15(16)28-11-2-3-12-9(6-17(26)27)5-14(25)13(12)8-11/h1-4,7-9,18H,5-6H2,(H,26,27). The van der Waals surface area contributed by atoms with Gasteiger partial charge in [-0.1, -0.05) is 6.07 Å². The molecule has 0 spiro atoms. The number of aliphatic carboxylic acids is 1. The molecule has 1 aliphatic carbocycles. The van der Waals surface area contributed by atoms with E-state index in [4.69, 9.17) is 9.84 Å². The molecule has 2 aromatic rings. The zero-order valence-electron chi connectivity index (χ0n) is 14.5. The van der Waals surface area contributed by atoms with Crippen molar-refractivity contribution < 1.29 is 46.1 Å². The fraction of sp³-hybridized carbons (Fsp3) is 0.263. The topological polar surface area (TPSA) is 72.8 Å². The Morgan fingerprint density at radius 1 is 1.14 bits per heavy atom. The van der Waals surface area contributed by atoms with Gasteiger partial charge in [-0.3, -0.25) is 9.59 Å². The van der Waals surface area contributed by atoms with Gasteiger partial charge in [-0.15, -0.1) is 0 Å². The zero-order valence-corrected chi connectivity index (χ0v) is 14.5. The lowest BCUT2D eigenvalue weighted by molar-refractivity contribution is -0.138. The summed E-state index contributed by atoms with van der Waals surface area (Å²) in [5.74, 6) is -3.07. The van der Waals surface area contributed by atoms with Crippen LogP contribution in [0.1, 0.15) is 40.2 Å². The maximum absolute atomic E-state index is 12.8. The summed E-state index contributed by atoms with van der Waals surface area (Å²) in [7, 11) is 0. The summed E-state index contributed by atoms with van der Waals surface area (Å²) in [6.45, 7) is -3.38. The van der Waals surface area contributed by atoms with Gasteiger partial charge in [0.25, 0.3) is 0 Å². The molecule has 2 aromatic carbocycles. The summed E-state index contributed by atoms with van der Waals surface area (Å²) in [6.07, 6.45) is -4.99. The maximum atomic E-state index is 12.8. The molecule has 5 nitrogen and oxygen atoms in total. The fourth-order valence-corrected chi connectivity index (χ4v) is 3.12. The minimum atomic E-state index is -4.77. The lowest BCUT2D eigenvalue weighted by Gasteiger charge is -2.15. The molecule has 0 heterocycles. The van der Waals surface area contributed by atoms with Crippen molar-refractivity contribution in [1.29, 1.82) is 0 Å². The second-order valence-corrected chi connectivity index (χ2v) is 6.31. The molecule has 0 saturated carbocycles. The molecule has 29 heavy (non-hydrogen) atoms. The van der Waals surface area contributed by atoms with Crippen LogP contribution in [0.3, 0.4) is 0 Å². The molecule has 1 N–H and O–H groups in total. The van der Waals surface area contributed by atoms with E-state index in [-0.39, 0.29) is 29.9 Å². The van der Waals surface area contributed by atoms with Gasteiger partial charge < -0.3 is 14.6 Å². The third-order valence-electron chi connectivity index (χ3n) is 4.33. The number of halogens is 5. The van der Waals surface area contributed by atoms with E-state index in [1.165, 1.54) is 18.2 Å². The predicted molar refractivity (Wildman–Crippen MR) is 88.5 cm³/mol. The van der Waals surface area contributed by atoms with Crippen molar-refractivity contribution in [1.82, 2.24) is 0 Å².